The average Bonchev–Trinajstić information content (AvgIpc) is 3.18. The molecule has 2 aliphatic carbocycles. The van der Waals surface area contributed by atoms with Crippen molar-refractivity contribution in [2.45, 2.75) is 55.0 Å². The number of hydrogen-bond donors (Lipinski definition) is 0. The van der Waals surface area contributed by atoms with Gasteiger partial charge in [-0.2, -0.15) is 0 Å². The minimum absolute atomic E-state index is 0.325. The number of aryl methyl sites for hydroxylation is 1. The van der Waals surface area contributed by atoms with Crippen LogP contribution in [0.15, 0.2) is 76.9 Å². The Hall–Kier alpha value is -1.24. The molecule has 0 radical (unpaired) electrons. The molecule has 0 bridgehead atoms. The Bertz CT molecular complexity index is 1080. The summed E-state index contributed by atoms with van der Waals surface area (Å²) in [5.41, 5.74) is 13.7. The third-order valence-corrected chi connectivity index (χ3v) is 26.9. The molecule has 2 aromatic rings. The molecule has 2 heteroatoms. The van der Waals surface area contributed by atoms with E-state index in [1.807, 2.05) is 0 Å². The molecule has 0 saturated heterocycles. The van der Waals surface area contributed by atoms with Gasteiger partial charge in [-0.1, -0.05) is 0 Å². The van der Waals surface area contributed by atoms with Crippen molar-refractivity contribution >= 4 is 11.0 Å². The Morgan fingerprint density at radius 2 is 1.38 bits per heavy atom. The van der Waals surface area contributed by atoms with E-state index in [2.05, 4.69) is 102 Å². The van der Waals surface area contributed by atoms with E-state index in [9.17, 15) is 0 Å². The first-order chi connectivity index (χ1) is 13.8. The number of hydrogen-bond acceptors (Lipinski definition) is 0. The van der Waals surface area contributed by atoms with Crippen LogP contribution in [0.1, 0.15) is 53.6 Å². The van der Waals surface area contributed by atoms with Gasteiger partial charge in [-0.15, -0.1) is 0 Å². The van der Waals surface area contributed by atoms with Crippen molar-refractivity contribution in [1.29, 1.82) is 0 Å². The Morgan fingerprint density at radius 1 is 0.759 bits per heavy atom. The summed E-state index contributed by atoms with van der Waals surface area (Å²) in [7, 11) is 0. The van der Waals surface area contributed by atoms with Crippen molar-refractivity contribution < 1.29 is 20.4 Å². The molecule has 0 aliphatic heterocycles. The fraction of sp³-hybridized carbons (Fsp3) is 0.333. The van der Waals surface area contributed by atoms with Crippen molar-refractivity contribution in [3.05, 3.63) is 99.2 Å². The van der Waals surface area contributed by atoms with Gasteiger partial charge in [0.1, 0.15) is 0 Å². The molecule has 29 heavy (non-hydrogen) atoms. The first-order valence-corrected chi connectivity index (χ1v) is 19.7. The van der Waals surface area contributed by atoms with E-state index in [1.165, 1.54) is 22.3 Å². The van der Waals surface area contributed by atoms with Crippen molar-refractivity contribution in [2.24, 2.45) is 0 Å². The maximum absolute atomic E-state index is 2.70. The van der Waals surface area contributed by atoms with Crippen LogP contribution in [0.4, 0.5) is 0 Å². The minimum atomic E-state index is -1.86. The zero-order valence-electron chi connectivity index (χ0n) is 18.9. The standard InChI is InChI=1S/C16H13.C9H13.C2H6Si.Zr/c1-12-6-5-9-14-10-11-15(16(12)14)13-7-3-2-4-8-13;1-6-5-7(2)9(4)8(6)3;1-3-2;/h2-11H,1H3;5H,1-4H3;1-2H3;. The fourth-order valence-corrected chi connectivity index (χ4v) is 25.9. The van der Waals surface area contributed by atoms with Crippen LogP contribution in [0.5, 0.6) is 0 Å². The van der Waals surface area contributed by atoms with Gasteiger partial charge in [-0.05, 0) is 0 Å². The molecular formula is C27H32SiZr. The van der Waals surface area contributed by atoms with E-state index < -0.39 is 20.4 Å². The van der Waals surface area contributed by atoms with E-state index in [0.29, 0.717) is 3.63 Å². The first kappa shape index (κ1) is 21.0. The summed E-state index contributed by atoms with van der Waals surface area (Å²) < 4.78 is 1.48. The van der Waals surface area contributed by atoms with E-state index in [4.69, 9.17) is 0 Å². The van der Waals surface area contributed by atoms with Gasteiger partial charge in [-0.25, -0.2) is 0 Å². The van der Waals surface area contributed by atoms with Crippen LogP contribution < -0.4 is 0 Å². The number of rotatable bonds is 3. The van der Waals surface area contributed by atoms with Gasteiger partial charge in [0, 0.05) is 0 Å². The van der Waals surface area contributed by atoms with E-state index >= 15 is 0 Å². The first-order valence-electron chi connectivity index (χ1n) is 10.7. The van der Waals surface area contributed by atoms with E-state index in [-0.39, 0.29) is 5.43 Å². The summed E-state index contributed by atoms with van der Waals surface area (Å²) in [6.07, 6.45) is 2.70. The summed E-state index contributed by atoms with van der Waals surface area (Å²) >= 11 is -1.86. The molecule has 4 rings (SSSR count). The van der Waals surface area contributed by atoms with Gasteiger partial charge < -0.3 is 0 Å². The van der Waals surface area contributed by atoms with Gasteiger partial charge in [0.2, 0.25) is 0 Å². The van der Waals surface area contributed by atoms with Crippen molar-refractivity contribution in [1.82, 2.24) is 0 Å². The topological polar surface area (TPSA) is 0 Å². The molecule has 1 atom stereocenters. The molecule has 2 aliphatic rings. The Kier molecular flexibility index (Phi) is 5.88. The average molecular weight is 476 g/mol. The molecule has 0 nitrogen and oxygen atoms in total. The Morgan fingerprint density at radius 3 is 1.97 bits per heavy atom. The molecule has 0 amide bonds. The second-order valence-corrected chi connectivity index (χ2v) is 26.9. The van der Waals surface area contributed by atoms with Crippen LogP contribution in [-0.4, -0.2) is 5.43 Å². The SMILES string of the molecule is CC1=C(C)[CH]([Zr]([CH]2C=C(c3ccccc3)c3c(C)cccc32)=[Si](C)C)C(C)=C1C. The van der Waals surface area contributed by atoms with Crippen molar-refractivity contribution in [2.75, 3.05) is 0 Å². The molecule has 0 aromatic heterocycles. The zero-order valence-corrected chi connectivity index (χ0v) is 22.3. The van der Waals surface area contributed by atoms with Crippen molar-refractivity contribution in [3.8, 4) is 0 Å². The third-order valence-electron chi connectivity index (χ3n) is 7.16. The van der Waals surface area contributed by atoms with E-state index in [1.54, 1.807) is 27.9 Å². The third kappa shape index (κ3) is 3.47. The summed E-state index contributed by atoms with van der Waals surface area (Å²) in [5.74, 6) is 0. The number of benzene rings is 2. The molecule has 148 valence electrons. The van der Waals surface area contributed by atoms with Gasteiger partial charge in [0.05, 0.1) is 0 Å². The van der Waals surface area contributed by atoms with Crippen molar-refractivity contribution in [3.63, 3.8) is 0 Å². The van der Waals surface area contributed by atoms with Gasteiger partial charge >= 0.3 is 185 Å². The quantitative estimate of drug-likeness (QED) is 0.397. The summed E-state index contributed by atoms with van der Waals surface area (Å²) in [4.78, 5) is 0. The number of allylic oxidation sites excluding steroid dienone is 5. The van der Waals surface area contributed by atoms with Gasteiger partial charge in [-0.3, -0.25) is 0 Å². The van der Waals surface area contributed by atoms with Crippen LogP contribution >= 0.6 is 0 Å². The predicted molar refractivity (Wildman–Crippen MR) is 125 cm³/mol. The normalized spacial score (nSPS) is 19.0. The van der Waals surface area contributed by atoms with Gasteiger partial charge in [0.25, 0.3) is 0 Å². The fourth-order valence-electron chi connectivity index (χ4n) is 5.37. The Balaban J connectivity index is 1.94. The molecular weight excluding hydrogens is 444 g/mol. The summed E-state index contributed by atoms with van der Waals surface area (Å²) in [6, 6.07) is 18.1. The maximum atomic E-state index is 2.70. The van der Waals surface area contributed by atoms with Crippen LogP contribution in [0.3, 0.4) is 0 Å². The molecule has 1 unspecified atom stereocenters. The van der Waals surface area contributed by atoms with Crippen LogP contribution in [0.2, 0.25) is 16.7 Å². The molecule has 0 fully saturated rings. The van der Waals surface area contributed by atoms with Crippen LogP contribution in [0.25, 0.3) is 5.57 Å². The van der Waals surface area contributed by atoms with Crippen LogP contribution in [-0.2, 0) is 20.4 Å². The molecule has 0 heterocycles. The molecule has 0 saturated carbocycles. The van der Waals surface area contributed by atoms with Gasteiger partial charge in [0.15, 0.2) is 0 Å². The van der Waals surface area contributed by atoms with E-state index in [0.717, 1.165) is 3.63 Å². The molecule has 0 N–H and O–H groups in total. The second kappa shape index (κ2) is 8.12. The van der Waals surface area contributed by atoms with Crippen LogP contribution in [0, 0.1) is 6.92 Å². The second-order valence-electron chi connectivity index (χ2n) is 8.97. The molecule has 0 spiro atoms. The predicted octanol–water partition coefficient (Wildman–Crippen LogP) is 7.83. The Labute approximate surface area is 184 Å². The number of fused-ring (bicyclic) bond motifs is 1. The summed E-state index contributed by atoms with van der Waals surface area (Å²) in [6.45, 7) is 17.1. The zero-order chi connectivity index (χ0) is 20.9. The monoisotopic (exact) mass is 474 g/mol. The molecule has 2 aromatic carbocycles. The summed E-state index contributed by atoms with van der Waals surface area (Å²) in [5, 5.41) is 0.